The van der Waals surface area contributed by atoms with E-state index in [4.69, 9.17) is 14.2 Å². The normalized spacial score (nSPS) is 21.0. The van der Waals surface area contributed by atoms with Crippen molar-refractivity contribution in [3.05, 3.63) is 23.8 Å². The Morgan fingerprint density at radius 3 is 3.06 bits per heavy atom. The van der Waals surface area contributed by atoms with Crippen LogP contribution in [0.2, 0.25) is 0 Å². The van der Waals surface area contributed by atoms with E-state index in [1.165, 1.54) is 0 Å². The monoisotopic (exact) mass is 249 g/mol. The van der Waals surface area contributed by atoms with Crippen molar-refractivity contribution in [1.82, 2.24) is 5.32 Å². The third kappa shape index (κ3) is 2.26. The van der Waals surface area contributed by atoms with Gasteiger partial charge in [0.1, 0.15) is 6.10 Å². The van der Waals surface area contributed by atoms with E-state index in [0.717, 1.165) is 29.9 Å². The first kappa shape index (κ1) is 11.3. The third-order valence-electron chi connectivity index (χ3n) is 3.13. The van der Waals surface area contributed by atoms with Crippen LogP contribution in [0.5, 0.6) is 11.5 Å². The molecule has 0 aromatic heterocycles. The molecule has 5 nitrogen and oxygen atoms in total. The van der Waals surface area contributed by atoms with E-state index in [9.17, 15) is 4.79 Å². The number of hydrogen-bond donors (Lipinski definition) is 1. The van der Waals surface area contributed by atoms with Crippen molar-refractivity contribution in [2.45, 2.75) is 25.5 Å². The molecule has 1 saturated heterocycles. The summed E-state index contributed by atoms with van der Waals surface area (Å²) in [6.07, 6.45) is 1.49. The largest absolute Gasteiger partial charge is 0.454 e. The predicted octanol–water partition coefficient (Wildman–Crippen LogP) is 1.21. The Bertz CT molecular complexity index is 454. The fourth-order valence-electron chi connectivity index (χ4n) is 2.14. The van der Waals surface area contributed by atoms with E-state index < -0.39 is 0 Å². The summed E-state index contributed by atoms with van der Waals surface area (Å²) in [6.45, 7) is 1.43. The van der Waals surface area contributed by atoms with Crippen molar-refractivity contribution in [3.63, 3.8) is 0 Å². The minimum absolute atomic E-state index is 0.0369. The number of ether oxygens (including phenoxy) is 3. The lowest BCUT2D eigenvalue weighted by atomic mass is 10.2. The second kappa shape index (κ2) is 4.86. The van der Waals surface area contributed by atoms with Crippen molar-refractivity contribution in [3.8, 4) is 11.5 Å². The zero-order valence-corrected chi connectivity index (χ0v) is 9.98. The fraction of sp³-hybridized carbons (Fsp3) is 0.462. The average Bonchev–Trinajstić information content (AvgIpc) is 3.05. The first-order chi connectivity index (χ1) is 8.83. The SMILES string of the molecule is O=C(NCc1ccc2c(c1)OCO2)C1CCCO1. The highest BCUT2D eigenvalue weighted by Crippen LogP contribution is 2.32. The van der Waals surface area contributed by atoms with Crippen LogP contribution in [0.1, 0.15) is 18.4 Å². The van der Waals surface area contributed by atoms with Gasteiger partial charge in [-0.3, -0.25) is 4.79 Å². The zero-order chi connectivity index (χ0) is 12.4. The second-order valence-corrected chi connectivity index (χ2v) is 4.41. The van der Waals surface area contributed by atoms with Gasteiger partial charge in [0.2, 0.25) is 12.7 Å². The Balaban J connectivity index is 1.58. The van der Waals surface area contributed by atoms with E-state index in [0.29, 0.717) is 13.2 Å². The summed E-state index contributed by atoms with van der Waals surface area (Å²) in [7, 11) is 0. The molecule has 0 radical (unpaired) electrons. The van der Waals surface area contributed by atoms with Crippen molar-refractivity contribution < 1.29 is 19.0 Å². The maximum Gasteiger partial charge on any atom is 0.249 e. The maximum absolute atomic E-state index is 11.8. The molecule has 3 rings (SSSR count). The molecule has 1 unspecified atom stereocenters. The molecule has 1 fully saturated rings. The minimum Gasteiger partial charge on any atom is -0.454 e. The van der Waals surface area contributed by atoms with E-state index in [1.54, 1.807) is 0 Å². The molecular weight excluding hydrogens is 234 g/mol. The number of rotatable bonds is 3. The average molecular weight is 249 g/mol. The fourth-order valence-corrected chi connectivity index (χ4v) is 2.14. The van der Waals surface area contributed by atoms with Gasteiger partial charge in [-0.15, -0.1) is 0 Å². The highest BCUT2D eigenvalue weighted by Gasteiger charge is 2.23. The number of hydrogen-bond acceptors (Lipinski definition) is 4. The van der Waals surface area contributed by atoms with Gasteiger partial charge in [0.05, 0.1) is 0 Å². The Morgan fingerprint density at radius 1 is 1.33 bits per heavy atom. The van der Waals surface area contributed by atoms with Crippen molar-refractivity contribution in [2.75, 3.05) is 13.4 Å². The van der Waals surface area contributed by atoms with Crippen molar-refractivity contribution >= 4 is 5.91 Å². The maximum atomic E-state index is 11.8. The molecule has 2 aliphatic heterocycles. The Labute approximate surface area is 105 Å². The van der Waals surface area contributed by atoms with Crippen LogP contribution in [0.4, 0.5) is 0 Å². The van der Waals surface area contributed by atoms with Gasteiger partial charge >= 0.3 is 0 Å². The molecular formula is C13H15NO4. The molecule has 96 valence electrons. The number of nitrogens with one attached hydrogen (secondary N) is 1. The van der Waals surface area contributed by atoms with Crippen LogP contribution in [0.25, 0.3) is 0 Å². The summed E-state index contributed by atoms with van der Waals surface area (Å²) in [5.41, 5.74) is 0.991. The molecule has 0 spiro atoms. The van der Waals surface area contributed by atoms with Crippen LogP contribution in [0.15, 0.2) is 18.2 Å². The van der Waals surface area contributed by atoms with Gasteiger partial charge in [-0.1, -0.05) is 6.07 Å². The van der Waals surface area contributed by atoms with Crippen LogP contribution < -0.4 is 14.8 Å². The summed E-state index contributed by atoms with van der Waals surface area (Å²) >= 11 is 0. The molecule has 0 bridgehead atoms. The summed E-state index contributed by atoms with van der Waals surface area (Å²) in [4.78, 5) is 11.8. The molecule has 2 aliphatic rings. The highest BCUT2D eigenvalue weighted by atomic mass is 16.7. The van der Waals surface area contributed by atoms with Crippen LogP contribution >= 0.6 is 0 Å². The molecule has 0 aliphatic carbocycles. The first-order valence-corrected chi connectivity index (χ1v) is 6.11. The number of fused-ring (bicyclic) bond motifs is 1. The molecule has 2 heterocycles. The van der Waals surface area contributed by atoms with E-state index in [-0.39, 0.29) is 18.8 Å². The molecule has 1 amide bonds. The summed E-state index contributed by atoms with van der Waals surface area (Å²) < 4.78 is 15.8. The van der Waals surface area contributed by atoms with Gasteiger partial charge in [0, 0.05) is 13.2 Å². The standard InChI is InChI=1S/C13H15NO4/c15-13(11-2-1-5-16-11)14-7-9-3-4-10-12(6-9)18-8-17-10/h3-4,6,11H,1-2,5,7-8H2,(H,14,15). The molecule has 1 atom stereocenters. The van der Waals surface area contributed by atoms with Gasteiger partial charge in [-0.2, -0.15) is 0 Å². The van der Waals surface area contributed by atoms with Crippen molar-refractivity contribution in [2.24, 2.45) is 0 Å². The second-order valence-electron chi connectivity index (χ2n) is 4.41. The van der Waals surface area contributed by atoms with Gasteiger partial charge in [-0.05, 0) is 30.5 Å². The van der Waals surface area contributed by atoms with Gasteiger partial charge in [0.15, 0.2) is 11.5 Å². The van der Waals surface area contributed by atoms with E-state index in [1.807, 2.05) is 18.2 Å². The van der Waals surface area contributed by atoms with E-state index in [2.05, 4.69) is 5.32 Å². The highest BCUT2D eigenvalue weighted by molar-refractivity contribution is 5.80. The van der Waals surface area contributed by atoms with Gasteiger partial charge < -0.3 is 19.5 Å². The molecule has 1 aromatic carbocycles. The van der Waals surface area contributed by atoms with Crippen LogP contribution in [-0.2, 0) is 16.1 Å². The zero-order valence-electron chi connectivity index (χ0n) is 9.98. The van der Waals surface area contributed by atoms with Crippen LogP contribution in [0, 0.1) is 0 Å². The number of carbonyl (C=O) groups excluding carboxylic acids is 1. The first-order valence-electron chi connectivity index (χ1n) is 6.11. The van der Waals surface area contributed by atoms with Crippen molar-refractivity contribution in [1.29, 1.82) is 0 Å². The van der Waals surface area contributed by atoms with Crippen LogP contribution in [0.3, 0.4) is 0 Å². The summed E-state index contributed by atoms with van der Waals surface area (Å²) in [5, 5.41) is 2.87. The molecule has 1 N–H and O–H groups in total. The topological polar surface area (TPSA) is 56.8 Å². The molecule has 0 saturated carbocycles. The summed E-state index contributed by atoms with van der Waals surface area (Å²) in [5.74, 6) is 1.45. The number of benzene rings is 1. The quantitative estimate of drug-likeness (QED) is 0.874. The Morgan fingerprint density at radius 2 is 2.22 bits per heavy atom. The number of amides is 1. The number of carbonyl (C=O) groups is 1. The third-order valence-corrected chi connectivity index (χ3v) is 3.13. The smallest absolute Gasteiger partial charge is 0.249 e. The van der Waals surface area contributed by atoms with Gasteiger partial charge in [-0.25, -0.2) is 0 Å². The lowest BCUT2D eigenvalue weighted by molar-refractivity contribution is -0.130. The van der Waals surface area contributed by atoms with E-state index >= 15 is 0 Å². The lowest BCUT2D eigenvalue weighted by Crippen LogP contribution is -2.33. The molecule has 1 aromatic rings. The Hall–Kier alpha value is -1.75. The minimum atomic E-state index is -0.279. The molecule has 5 heteroatoms. The predicted molar refractivity (Wildman–Crippen MR) is 63.4 cm³/mol. The molecule has 18 heavy (non-hydrogen) atoms. The Kier molecular flexibility index (Phi) is 3.06. The van der Waals surface area contributed by atoms with Crippen LogP contribution in [-0.4, -0.2) is 25.4 Å². The van der Waals surface area contributed by atoms with Gasteiger partial charge in [0.25, 0.3) is 0 Å². The summed E-state index contributed by atoms with van der Waals surface area (Å²) in [6, 6.07) is 5.66. The lowest BCUT2D eigenvalue weighted by Gasteiger charge is -2.10.